The van der Waals surface area contributed by atoms with Crippen molar-refractivity contribution < 1.29 is 8.78 Å². The van der Waals surface area contributed by atoms with Gasteiger partial charge in [0.25, 0.3) is 0 Å². The molecule has 1 aromatic heterocycles. The minimum atomic E-state index is -0.834. The van der Waals surface area contributed by atoms with Gasteiger partial charge in [-0.15, -0.1) is 0 Å². The number of aromatic amines is 1. The zero-order valence-corrected chi connectivity index (χ0v) is 11.4. The summed E-state index contributed by atoms with van der Waals surface area (Å²) >= 11 is 5.22. The predicted molar refractivity (Wildman–Crippen MR) is 72.6 cm³/mol. The van der Waals surface area contributed by atoms with Crippen molar-refractivity contribution in [3.63, 3.8) is 0 Å². The molecule has 0 saturated carbocycles. The topological polar surface area (TPSA) is 24.0 Å². The summed E-state index contributed by atoms with van der Waals surface area (Å²) in [6.07, 6.45) is 1.06. The van der Waals surface area contributed by atoms with E-state index >= 15 is 0 Å². The van der Waals surface area contributed by atoms with Gasteiger partial charge in [-0.2, -0.15) is 0 Å². The maximum Gasteiger partial charge on any atom is 0.184 e. The Morgan fingerprint density at radius 2 is 2.21 bits per heavy atom. The molecule has 1 aliphatic rings. The van der Waals surface area contributed by atoms with Gasteiger partial charge in [0.1, 0.15) is 5.52 Å². The zero-order chi connectivity index (χ0) is 13.6. The molecule has 0 amide bonds. The molecule has 3 rings (SSSR count). The van der Waals surface area contributed by atoms with Gasteiger partial charge in [0.2, 0.25) is 0 Å². The molecule has 0 aliphatic carbocycles. The van der Waals surface area contributed by atoms with Crippen molar-refractivity contribution in [1.82, 2.24) is 14.5 Å². The molecule has 19 heavy (non-hydrogen) atoms. The van der Waals surface area contributed by atoms with Crippen molar-refractivity contribution >= 4 is 23.3 Å². The highest BCUT2D eigenvalue weighted by molar-refractivity contribution is 7.71. The third kappa shape index (κ3) is 2.19. The first kappa shape index (κ1) is 12.7. The van der Waals surface area contributed by atoms with Gasteiger partial charge in [-0.25, -0.2) is 8.78 Å². The summed E-state index contributed by atoms with van der Waals surface area (Å²) in [5, 5.41) is 0. The summed E-state index contributed by atoms with van der Waals surface area (Å²) in [6.45, 7) is 2.63. The number of imidazole rings is 1. The Morgan fingerprint density at radius 1 is 1.42 bits per heavy atom. The highest BCUT2D eigenvalue weighted by Crippen LogP contribution is 2.24. The molecule has 0 bridgehead atoms. The maximum atomic E-state index is 14.0. The Hall–Kier alpha value is -1.27. The standard InChI is InChI=1S/C13H15F2N3S/c1-17-5-4-8(6-17)7-18-12-10(16-13(18)19)3-2-9(14)11(12)15/h2-3,8H,4-7H2,1H3,(H,16,19). The molecule has 2 aromatic rings. The number of nitrogens with one attached hydrogen (secondary N) is 1. The smallest absolute Gasteiger partial charge is 0.184 e. The average Bonchev–Trinajstić information content (AvgIpc) is 2.90. The molecule has 1 fully saturated rings. The average molecular weight is 283 g/mol. The molecule has 0 radical (unpaired) electrons. The lowest BCUT2D eigenvalue weighted by atomic mass is 10.1. The number of hydrogen-bond donors (Lipinski definition) is 1. The third-order valence-corrected chi connectivity index (χ3v) is 4.08. The van der Waals surface area contributed by atoms with E-state index in [1.54, 1.807) is 4.57 Å². The minimum absolute atomic E-state index is 0.250. The van der Waals surface area contributed by atoms with E-state index in [1.165, 1.54) is 6.07 Å². The van der Waals surface area contributed by atoms with Crippen LogP contribution in [-0.4, -0.2) is 34.6 Å². The second-order valence-corrected chi connectivity index (χ2v) is 5.60. The van der Waals surface area contributed by atoms with Crippen LogP contribution < -0.4 is 0 Å². The molecule has 1 atom stereocenters. The highest BCUT2D eigenvalue weighted by atomic mass is 32.1. The van der Waals surface area contributed by atoms with E-state index in [4.69, 9.17) is 12.2 Å². The number of likely N-dealkylation sites (tertiary alicyclic amines) is 1. The fourth-order valence-electron chi connectivity index (χ4n) is 2.80. The molecule has 1 saturated heterocycles. The Balaban J connectivity index is 2.05. The van der Waals surface area contributed by atoms with Crippen molar-refractivity contribution in [2.75, 3.05) is 20.1 Å². The largest absolute Gasteiger partial charge is 0.330 e. The Labute approximate surface area is 114 Å². The monoisotopic (exact) mass is 283 g/mol. The first-order valence-electron chi connectivity index (χ1n) is 6.31. The molecule has 1 N–H and O–H groups in total. The van der Waals surface area contributed by atoms with Gasteiger partial charge in [0, 0.05) is 13.1 Å². The van der Waals surface area contributed by atoms with E-state index in [-0.39, 0.29) is 5.52 Å². The van der Waals surface area contributed by atoms with E-state index in [0.29, 0.717) is 22.8 Å². The molecule has 1 aliphatic heterocycles. The van der Waals surface area contributed by atoms with Crippen LogP contribution in [0, 0.1) is 22.3 Å². The van der Waals surface area contributed by atoms with Crippen LogP contribution in [0.25, 0.3) is 11.0 Å². The van der Waals surface area contributed by atoms with E-state index in [9.17, 15) is 8.78 Å². The van der Waals surface area contributed by atoms with Gasteiger partial charge >= 0.3 is 0 Å². The molecular formula is C13H15F2N3S. The lowest BCUT2D eigenvalue weighted by Gasteiger charge is -2.12. The van der Waals surface area contributed by atoms with Gasteiger partial charge in [-0.1, -0.05) is 0 Å². The maximum absolute atomic E-state index is 14.0. The minimum Gasteiger partial charge on any atom is -0.330 e. The highest BCUT2D eigenvalue weighted by Gasteiger charge is 2.22. The molecule has 6 heteroatoms. The van der Waals surface area contributed by atoms with Crippen LogP contribution in [0.1, 0.15) is 6.42 Å². The van der Waals surface area contributed by atoms with Gasteiger partial charge in [-0.05, 0) is 50.3 Å². The van der Waals surface area contributed by atoms with Crippen LogP contribution in [0.2, 0.25) is 0 Å². The first-order chi connectivity index (χ1) is 9.06. The Morgan fingerprint density at radius 3 is 2.89 bits per heavy atom. The molecule has 1 unspecified atom stereocenters. The fraction of sp³-hybridized carbons (Fsp3) is 0.462. The Bertz CT molecular complexity index is 676. The molecule has 3 nitrogen and oxygen atoms in total. The van der Waals surface area contributed by atoms with E-state index in [2.05, 4.69) is 16.9 Å². The molecule has 1 aromatic carbocycles. The van der Waals surface area contributed by atoms with Crippen LogP contribution in [0.3, 0.4) is 0 Å². The normalized spacial score (nSPS) is 20.5. The first-order valence-corrected chi connectivity index (χ1v) is 6.72. The second kappa shape index (κ2) is 4.68. The molecule has 102 valence electrons. The van der Waals surface area contributed by atoms with Gasteiger partial charge in [0.05, 0.1) is 5.52 Å². The lowest BCUT2D eigenvalue weighted by molar-refractivity contribution is 0.378. The second-order valence-electron chi connectivity index (χ2n) is 5.22. The number of nitrogens with zero attached hydrogens (tertiary/aromatic N) is 2. The van der Waals surface area contributed by atoms with Gasteiger partial charge < -0.3 is 14.5 Å². The number of benzene rings is 1. The van der Waals surface area contributed by atoms with E-state index < -0.39 is 11.6 Å². The van der Waals surface area contributed by atoms with Crippen molar-refractivity contribution in [3.05, 3.63) is 28.5 Å². The van der Waals surface area contributed by atoms with Crippen molar-refractivity contribution in [2.45, 2.75) is 13.0 Å². The van der Waals surface area contributed by atoms with Gasteiger partial charge in [-0.3, -0.25) is 0 Å². The molecule has 2 heterocycles. The van der Waals surface area contributed by atoms with Crippen molar-refractivity contribution in [1.29, 1.82) is 0 Å². The van der Waals surface area contributed by atoms with Crippen LogP contribution in [-0.2, 0) is 6.54 Å². The number of aromatic nitrogens is 2. The number of hydrogen-bond acceptors (Lipinski definition) is 2. The van der Waals surface area contributed by atoms with Crippen LogP contribution in [0.5, 0.6) is 0 Å². The van der Waals surface area contributed by atoms with Crippen molar-refractivity contribution in [2.24, 2.45) is 5.92 Å². The van der Waals surface area contributed by atoms with Gasteiger partial charge in [0.15, 0.2) is 16.4 Å². The van der Waals surface area contributed by atoms with Crippen LogP contribution in [0.15, 0.2) is 12.1 Å². The number of fused-ring (bicyclic) bond motifs is 1. The molecular weight excluding hydrogens is 268 g/mol. The predicted octanol–water partition coefficient (Wildman–Crippen LogP) is 2.93. The summed E-state index contributed by atoms with van der Waals surface area (Å²) in [5.41, 5.74) is 0.801. The van der Waals surface area contributed by atoms with Crippen LogP contribution >= 0.6 is 12.2 Å². The summed E-state index contributed by atoms with van der Waals surface area (Å²) in [4.78, 5) is 5.17. The SMILES string of the molecule is CN1CCC(Cn2c(=S)[nH]c3ccc(F)c(F)c32)C1. The third-order valence-electron chi connectivity index (χ3n) is 3.76. The summed E-state index contributed by atoms with van der Waals surface area (Å²) in [6, 6.07) is 2.65. The Kier molecular flexibility index (Phi) is 3.14. The quantitative estimate of drug-likeness (QED) is 0.857. The van der Waals surface area contributed by atoms with Crippen molar-refractivity contribution in [3.8, 4) is 0 Å². The van der Waals surface area contributed by atoms with Crippen LogP contribution in [0.4, 0.5) is 8.78 Å². The fourth-order valence-corrected chi connectivity index (χ4v) is 3.07. The summed E-state index contributed by atoms with van der Waals surface area (Å²) < 4.78 is 29.5. The number of halogens is 2. The zero-order valence-electron chi connectivity index (χ0n) is 10.6. The lowest BCUT2D eigenvalue weighted by Crippen LogP contribution is -2.17. The summed E-state index contributed by atoms with van der Waals surface area (Å²) in [7, 11) is 2.06. The van der Waals surface area contributed by atoms with E-state index in [1.807, 2.05) is 0 Å². The van der Waals surface area contributed by atoms with E-state index in [0.717, 1.165) is 25.6 Å². The number of rotatable bonds is 2. The summed E-state index contributed by atoms with van der Waals surface area (Å²) in [5.74, 6) is -1.23. The number of H-pyrrole nitrogens is 1. The molecule has 0 spiro atoms.